The van der Waals surface area contributed by atoms with E-state index in [0.29, 0.717) is 0 Å². The maximum atomic E-state index is 2.55. The van der Waals surface area contributed by atoms with Gasteiger partial charge in [-0.05, 0) is 37.7 Å². The molecule has 0 unspecified atom stereocenters. The molecule has 0 amide bonds. The molecule has 0 aliphatic rings. The van der Waals surface area contributed by atoms with Crippen LogP contribution in [0.5, 0.6) is 0 Å². The lowest BCUT2D eigenvalue weighted by Gasteiger charge is -2.15. The number of aromatic nitrogens is 1. The molecule has 0 spiro atoms. The molecule has 1 aromatic heterocycles. The summed E-state index contributed by atoms with van der Waals surface area (Å²) in [6.45, 7) is 7.92. The Morgan fingerprint density at radius 1 is 0.643 bits per heavy atom. The Labute approximate surface area is 174 Å². The van der Waals surface area contributed by atoms with E-state index in [4.69, 9.17) is 0 Å². The van der Waals surface area contributed by atoms with Crippen molar-refractivity contribution in [3.05, 3.63) is 65.0 Å². The fourth-order valence-corrected chi connectivity index (χ4v) is 4.15. The summed E-state index contributed by atoms with van der Waals surface area (Å²) in [7, 11) is 0. The monoisotopic (exact) mass is 380 g/mol. The molecule has 0 fully saturated rings. The van der Waals surface area contributed by atoms with Gasteiger partial charge in [-0.25, -0.2) is 0 Å². The first-order valence-electron chi connectivity index (χ1n) is 11.9. The third kappa shape index (κ3) is 7.41. The third-order valence-corrected chi connectivity index (χ3v) is 5.83. The third-order valence-electron chi connectivity index (χ3n) is 5.83. The van der Waals surface area contributed by atoms with Crippen LogP contribution >= 0.6 is 0 Å². The van der Waals surface area contributed by atoms with Gasteiger partial charge in [0.05, 0.1) is 0 Å². The van der Waals surface area contributed by atoms with Crippen LogP contribution in [0.25, 0.3) is 0 Å². The fraction of sp³-hybridized carbons (Fsp3) is 0.593. The predicted octanol–water partition coefficient (Wildman–Crippen LogP) is 7.22. The van der Waals surface area contributed by atoms with Crippen LogP contribution in [0.3, 0.4) is 0 Å². The average Bonchev–Trinajstić information content (AvgIpc) is 2.72. The molecule has 1 nitrogen and oxygen atoms in total. The van der Waals surface area contributed by atoms with E-state index < -0.39 is 0 Å². The lowest BCUT2D eigenvalue weighted by molar-refractivity contribution is -0.696. The second-order valence-corrected chi connectivity index (χ2v) is 8.25. The van der Waals surface area contributed by atoms with Crippen LogP contribution in [0.15, 0.2) is 42.6 Å². The normalized spacial score (nSPS) is 11.1. The number of nitrogens with zero attached hydrogens (tertiary/aromatic N) is 1. The summed E-state index contributed by atoms with van der Waals surface area (Å²) in [5, 5.41) is 0. The van der Waals surface area contributed by atoms with Crippen molar-refractivity contribution in [3.8, 4) is 0 Å². The Kier molecular flexibility index (Phi) is 10.9. The molecule has 2 aromatic rings. The first kappa shape index (κ1) is 22.7. The minimum absolute atomic E-state index is 0.998. The van der Waals surface area contributed by atoms with Crippen LogP contribution in [-0.4, -0.2) is 0 Å². The zero-order valence-corrected chi connectivity index (χ0v) is 18.7. The van der Waals surface area contributed by atoms with Crippen molar-refractivity contribution < 1.29 is 4.57 Å². The number of aryl methyl sites for hydroxylation is 1. The summed E-state index contributed by atoms with van der Waals surface area (Å²) in [5.41, 5.74) is 6.32. The zero-order valence-electron chi connectivity index (χ0n) is 18.7. The van der Waals surface area contributed by atoms with E-state index in [2.05, 4.69) is 67.9 Å². The first-order chi connectivity index (χ1) is 13.8. The van der Waals surface area contributed by atoms with Gasteiger partial charge in [0.25, 0.3) is 0 Å². The highest BCUT2D eigenvalue weighted by Crippen LogP contribution is 2.20. The fourth-order valence-electron chi connectivity index (χ4n) is 4.15. The summed E-state index contributed by atoms with van der Waals surface area (Å²) in [5.74, 6) is 0. The predicted molar refractivity (Wildman–Crippen MR) is 122 cm³/mol. The number of pyridine rings is 1. The largest absolute Gasteiger partial charge is 0.198 e. The standard InChI is InChI=1S/C27H42N/c1-4-7-11-18-25-21-22-28(23-24-16-14-10-15-17-24)27(20-13-9-6-3)26(25)19-12-8-5-2/h10,14-17,21-22H,4-9,11-13,18-20,23H2,1-3H3/q+1. The molecule has 0 aliphatic carbocycles. The SMILES string of the molecule is CCCCCc1cc[n+](Cc2ccccc2)c(CCCCC)c1CCCCC. The maximum absolute atomic E-state index is 2.55. The van der Waals surface area contributed by atoms with Gasteiger partial charge in [-0.3, -0.25) is 0 Å². The topological polar surface area (TPSA) is 3.88 Å². The quantitative estimate of drug-likeness (QED) is 0.240. The molecule has 28 heavy (non-hydrogen) atoms. The van der Waals surface area contributed by atoms with Crippen LogP contribution in [0.2, 0.25) is 0 Å². The lowest BCUT2D eigenvalue weighted by Crippen LogP contribution is -2.40. The maximum Gasteiger partial charge on any atom is 0.185 e. The van der Waals surface area contributed by atoms with Gasteiger partial charge in [0.15, 0.2) is 18.4 Å². The van der Waals surface area contributed by atoms with Crippen molar-refractivity contribution in [1.82, 2.24) is 0 Å². The smallest absolute Gasteiger partial charge is 0.185 e. The summed E-state index contributed by atoms with van der Waals surface area (Å²) in [6.07, 6.45) is 18.0. The molecule has 0 N–H and O–H groups in total. The van der Waals surface area contributed by atoms with Crippen LogP contribution in [0.1, 0.15) is 101 Å². The van der Waals surface area contributed by atoms with Crippen molar-refractivity contribution >= 4 is 0 Å². The number of benzene rings is 1. The van der Waals surface area contributed by atoms with E-state index in [1.807, 2.05) is 0 Å². The van der Waals surface area contributed by atoms with Crippen LogP contribution < -0.4 is 4.57 Å². The van der Waals surface area contributed by atoms with E-state index in [1.165, 1.54) is 82.6 Å². The molecule has 1 aromatic carbocycles. The molecule has 1 heteroatoms. The summed E-state index contributed by atoms with van der Waals surface area (Å²) in [4.78, 5) is 0. The van der Waals surface area contributed by atoms with Gasteiger partial charge >= 0.3 is 0 Å². The Bertz CT molecular complexity index is 659. The highest BCUT2D eigenvalue weighted by atomic mass is 15.0. The van der Waals surface area contributed by atoms with Crippen LogP contribution in [-0.2, 0) is 25.8 Å². The van der Waals surface area contributed by atoms with Crippen LogP contribution in [0.4, 0.5) is 0 Å². The molecular formula is C27H42N+. The molecular weight excluding hydrogens is 338 g/mol. The Morgan fingerprint density at radius 3 is 1.89 bits per heavy atom. The first-order valence-corrected chi connectivity index (χ1v) is 11.9. The molecule has 2 rings (SSSR count). The van der Waals surface area contributed by atoms with Crippen molar-refractivity contribution in [2.75, 3.05) is 0 Å². The van der Waals surface area contributed by atoms with Gasteiger partial charge < -0.3 is 0 Å². The van der Waals surface area contributed by atoms with Crippen molar-refractivity contribution in [1.29, 1.82) is 0 Å². The van der Waals surface area contributed by atoms with Gasteiger partial charge in [0.1, 0.15) is 0 Å². The summed E-state index contributed by atoms with van der Waals surface area (Å²) in [6, 6.07) is 13.4. The summed E-state index contributed by atoms with van der Waals surface area (Å²) >= 11 is 0. The molecule has 0 saturated heterocycles. The lowest BCUT2D eigenvalue weighted by atomic mass is 9.93. The molecule has 0 radical (unpaired) electrons. The Balaban J connectivity index is 2.33. The number of rotatable bonds is 14. The van der Waals surface area contributed by atoms with Gasteiger partial charge in [0.2, 0.25) is 0 Å². The van der Waals surface area contributed by atoms with Gasteiger partial charge in [-0.1, -0.05) is 89.6 Å². The minimum Gasteiger partial charge on any atom is -0.198 e. The van der Waals surface area contributed by atoms with Crippen LogP contribution in [0, 0.1) is 0 Å². The van der Waals surface area contributed by atoms with E-state index in [0.717, 1.165) is 6.54 Å². The van der Waals surface area contributed by atoms with Gasteiger partial charge in [-0.2, -0.15) is 4.57 Å². The summed E-state index contributed by atoms with van der Waals surface area (Å²) < 4.78 is 2.55. The Morgan fingerprint density at radius 2 is 1.25 bits per heavy atom. The zero-order chi connectivity index (χ0) is 20.0. The molecule has 0 atom stereocenters. The van der Waals surface area contributed by atoms with Crippen molar-refractivity contribution in [2.45, 2.75) is 104 Å². The second-order valence-electron chi connectivity index (χ2n) is 8.25. The highest BCUT2D eigenvalue weighted by Gasteiger charge is 2.20. The average molecular weight is 381 g/mol. The number of unbranched alkanes of at least 4 members (excludes halogenated alkanes) is 6. The van der Waals surface area contributed by atoms with E-state index in [-0.39, 0.29) is 0 Å². The number of hydrogen-bond acceptors (Lipinski definition) is 0. The van der Waals surface area contributed by atoms with E-state index in [9.17, 15) is 0 Å². The molecule has 154 valence electrons. The van der Waals surface area contributed by atoms with Gasteiger partial charge in [0, 0.05) is 23.6 Å². The molecule has 0 aliphatic heterocycles. The van der Waals surface area contributed by atoms with Gasteiger partial charge in [-0.15, -0.1) is 0 Å². The van der Waals surface area contributed by atoms with E-state index in [1.54, 1.807) is 16.8 Å². The minimum atomic E-state index is 0.998. The van der Waals surface area contributed by atoms with E-state index >= 15 is 0 Å². The molecule has 1 heterocycles. The highest BCUT2D eigenvalue weighted by molar-refractivity contribution is 5.28. The molecule has 0 bridgehead atoms. The van der Waals surface area contributed by atoms with Crippen molar-refractivity contribution in [2.24, 2.45) is 0 Å². The van der Waals surface area contributed by atoms with Crippen molar-refractivity contribution in [3.63, 3.8) is 0 Å². The number of hydrogen-bond donors (Lipinski definition) is 0. The molecule has 0 saturated carbocycles. The Hall–Kier alpha value is -1.63. The second kappa shape index (κ2) is 13.5.